The van der Waals surface area contributed by atoms with Crippen LogP contribution < -0.4 is 25.8 Å². The smallest absolute Gasteiger partial charge is 0.363 e. The fourth-order valence-corrected chi connectivity index (χ4v) is 12.7. The molecule has 17 nitrogen and oxygen atoms in total. The third-order valence-corrected chi connectivity index (χ3v) is 18.1. The Morgan fingerprint density at radius 1 is 0.811 bits per heavy atom. The Bertz CT molecular complexity index is 2840. The number of anilines is 2. The number of amides is 4. The van der Waals surface area contributed by atoms with Gasteiger partial charge >= 0.3 is 18.8 Å². The number of benzene rings is 4. The fraction of sp³-hybridized carbons (Fsp3) is 0.463. The van der Waals surface area contributed by atoms with Crippen LogP contribution in [0.1, 0.15) is 106 Å². The summed E-state index contributed by atoms with van der Waals surface area (Å²) >= 11 is 3.46. The number of carbonyl (C=O) groups excluding carboxylic acids is 4. The number of halogens is 1. The molecule has 4 amide bonds. The van der Waals surface area contributed by atoms with E-state index in [1.54, 1.807) is 38.1 Å². The molecule has 0 radical (unpaired) electrons. The van der Waals surface area contributed by atoms with E-state index in [1.807, 2.05) is 48.5 Å². The molecule has 2 heterocycles. The summed E-state index contributed by atoms with van der Waals surface area (Å²) in [6.45, 7) is 16.2. The Morgan fingerprint density at radius 3 is 1.97 bits per heavy atom. The molecule has 0 saturated carbocycles. The average molecular weight is 1120 g/mol. The van der Waals surface area contributed by atoms with Gasteiger partial charge in [-0.15, -0.1) is 0 Å². The molecule has 20 heteroatoms. The number of likely N-dealkylation sites (tertiary alicyclic amines) is 1. The Labute approximate surface area is 443 Å². The number of carbonyl (C=O) groups is 4. The van der Waals surface area contributed by atoms with Gasteiger partial charge in [-0.2, -0.15) is 8.42 Å². The highest BCUT2D eigenvalue weighted by molar-refractivity contribution is 9.10. The predicted octanol–water partition coefficient (Wildman–Crippen LogP) is 9.86. The van der Waals surface area contributed by atoms with Crippen molar-refractivity contribution in [3.05, 3.63) is 102 Å². The minimum Gasteiger partial charge on any atom is -0.372 e. The maximum Gasteiger partial charge on any atom is 0.363 e. The van der Waals surface area contributed by atoms with Crippen molar-refractivity contribution in [2.45, 2.75) is 103 Å². The lowest BCUT2D eigenvalue weighted by atomic mass is 9.92. The maximum atomic E-state index is 14.8. The Morgan fingerprint density at radius 2 is 1.41 bits per heavy atom. The number of hydrogen-bond acceptors (Lipinski definition) is 11. The fourth-order valence-electron chi connectivity index (χ4n) is 9.43. The van der Waals surface area contributed by atoms with Crippen LogP contribution >= 0.6 is 23.5 Å². The molecule has 1 fully saturated rings. The van der Waals surface area contributed by atoms with Gasteiger partial charge in [-0.1, -0.05) is 64.8 Å². The minimum absolute atomic E-state index is 0.118. The zero-order valence-corrected chi connectivity index (χ0v) is 46.5. The number of unbranched alkanes of at least 4 members (excludes halogenated alkanes) is 2. The Balaban J connectivity index is 1.09. The van der Waals surface area contributed by atoms with Crippen molar-refractivity contribution in [1.29, 1.82) is 0 Å². The van der Waals surface area contributed by atoms with Gasteiger partial charge < -0.3 is 39.7 Å². The largest absolute Gasteiger partial charge is 0.372 e. The van der Waals surface area contributed by atoms with Crippen LogP contribution in [0.3, 0.4) is 0 Å². The zero-order valence-electron chi connectivity index (χ0n) is 43.2. The van der Waals surface area contributed by atoms with Gasteiger partial charge in [-0.25, -0.2) is 4.42 Å². The molecule has 0 bridgehead atoms. The first-order chi connectivity index (χ1) is 35.5. The quantitative estimate of drug-likeness (QED) is 0.00963. The summed E-state index contributed by atoms with van der Waals surface area (Å²) in [5.41, 5.74) is 6.67. The highest BCUT2D eigenvalue weighted by Gasteiger charge is 2.39. The van der Waals surface area contributed by atoms with E-state index in [1.165, 1.54) is 4.90 Å². The van der Waals surface area contributed by atoms with E-state index in [0.29, 0.717) is 53.5 Å². The molecule has 4 N–H and O–H groups in total. The van der Waals surface area contributed by atoms with Gasteiger partial charge in [-0.05, 0) is 114 Å². The molecule has 1 aliphatic rings. The van der Waals surface area contributed by atoms with Gasteiger partial charge in [0.1, 0.15) is 22.4 Å². The predicted molar refractivity (Wildman–Crippen MR) is 295 cm³/mol. The van der Waals surface area contributed by atoms with Gasteiger partial charge in [0.05, 0.1) is 36.1 Å². The van der Waals surface area contributed by atoms with Crippen LogP contribution in [-0.2, 0) is 44.7 Å². The number of fused-ring (bicyclic) bond motifs is 2. The van der Waals surface area contributed by atoms with Gasteiger partial charge in [-0.3, -0.25) is 28.3 Å². The second kappa shape index (κ2) is 26.9. The molecular formula is C54H71BrN6O11PS+. The highest BCUT2D eigenvalue weighted by atomic mass is 79.9. The average Bonchev–Trinajstić information content (AvgIpc) is 3.89. The summed E-state index contributed by atoms with van der Waals surface area (Å²) in [5, 5.41) is 9.69. The Kier molecular flexibility index (Phi) is 21.0. The van der Waals surface area contributed by atoms with Crippen molar-refractivity contribution < 1.29 is 50.2 Å². The zero-order chi connectivity index (χ0) is 53.6. The van der Waals surface area contributed by atoms with E-state index in [9.17, 15) is 36.7 Å². The van der Waals surface area contributed by atoms with E-state index in [-0.39, 0.29) is 51.6 Å². The molecule has 0 aliphatic carbocycles. The molecule has 5 aromatic rings. The number of nitrogens with zero attached hydrogens (tertiary/aromatic N) is 3. The summed E-state index contributed by atoms with van der Waals surface area (Å²) in [6, 6.07) is 24.1. The first-order valence-corrected chi connectivity index (χ1v) is 29.8. The van der Waals surface area contributed by atoms with Gasteiger partial charge in [0.25, 0.3) is 16.0 Å². The van der Waals surface area contributed by atoms with Crippen molar-refractivity contribution in [2.75, 3.05) is 68.0 Å². The monoisotopic (exact) mass is 1120 g/mol. The van der Waals surface area contributed by atoms with Crippen molar-refractivity contribution >= 4 is 90.6 Å². The van der Waals surface area contributed by atoms with Gasteiger partial charge in [0.2, 0.25) is 17.7 Å². The van der Waals surface area contributed by atoms with E-state index in [2.05, 4.69) is 81.5 Å². The molecule has 3 unspecified atom stereocenters. The maximum absolute atomic E-state index is 14.8. The summed E-state index contributed by atoms with van der Waals surface area (Å²) in [7, 11) is -8.14. The first-order valence-electron chi connectivity index (χ1n) is 25.6. The van der Waals surface area contributed by atoms with Crippen LogP contribution in [0, 0.1) is 0 Å². The summed E-state index contributed by atoms with van der Waals surface area (Å²) < 4.78 is 64.3. The number of nitrogens with one attached hydrogen (secondary N) is 3. The molecular weight excluding hydrogens is 1050 g/mol. The molecule has 1 aromatic heterocycles. The van der Waals surface area contributed by atoms with Crippen LogP contribution in [0.2, 0.25) is 0 Å². The molecule has 1 aliphatic heterocycles. The molecule has 4 aromatic carbocycles. The normalized spacial score (nSPS) is 14.7. The van der Waals surface area contributed by atoms with E-state index < -0.39 is 57.8 Å². The molecule has 6 rings (SSSR count). The van der Waals surface area contributed by atoms with Gasteiger partial charge in [0.15, 0.2) is 0 Å². The SMILES string of the molecule is CCOP(=O)(OCC)C(Br)c1ccc(CNC(=O)CCCCCNC(=O)C(CS(=O)(=O)O)NC(=O)C2CCCN2C(=O)c2ccccc2-c2c3ccc(N(CC)CC)cc3[o+]c3cc(N(CC)CC)ccc23)cc1. The van der Waals surface area contributed by atoms with E-state index in [4.69, 9.17) is 13.5 Å². The lowest BCUT2D eigenvalue weighted by Crippen LogP contribution is -2.55. The van der Waals surface area contributed by atoms with Crippen LogP contribution in [0.15, 0.2) is 89.3 Å². The van der Waals surface area contributed by atoms with E-state index >= 15 is 0 Å². The van der Waals surface area contributed by atoms with Crippen LogP contribution in [0.5, 0.6) is 0 Å². The summed E-state index contributed by atoms with van der Waals surface area (Å²) in [6.07, 6.45) is 2.50. The molecule has 1 saturated heterocycles. The topological polar surface area (TPSA) is 215 Å². The first kappa shape index (κ1) is 57.8. The van der Waals surface area contributed by atoms with Crippen LogP contribution in [-0.4, -0.2) is 112 Å². The molecule has 3 atom stereocenters. The third kappa shape index (κ3) is 14.5. The minimum atomic E-state index is -4.73. The van der Waals surface area contributed by atoms with Crippen LogP contribution in [0.25, 0.3) is 33.1 Å². The summed E-state index contributed by atoms with van der Waals surface area (Å²) in [4.78, 5) is 60.9. The number of hydrogen-bond donors (Lipinski definition) is 4. The van der Waals surface area contributed by atoms with Crippen molar-refractivity contribution in [1.82, 2.24) is 20.9 Å². The number of alkyl halides is 1. The van der Waals surface area contributed by atoms with Crippen molar-refractivity contribution in [3.8, 4) is 11.1 Å². The highest BCUT2D eigenvalue weighted by Crippen LogP contribution is 2.64. The second-order valence-electron chi connectivity index (χ2n) is 18.0. The standard InChI is InChI=1S/C54H70BrN6O11PS/c1-7-59(8-2)39-27-29-43-47(33-39)72-48-34-40(60(9-3)10-4)28-30-44(48)50(43)41-19-15-16-20-42(41)54(65)61-32-18-21-46(61)53(64)58-45(36-74(67,68)69)52(63)56-31-17-13-14-22-49(62)57-35-37-23-25-38(26-24-37)51(55)73(66,70-11-5)71-12-6/h15-16,19-20,23-30,33-34,45-46,51H,7-14,17-18,21-22,31-32,35-36H2,1-6H3,(H3-,56,57,58,62,63,64,67,68,69)/p+1. The molecule has 74 heavy (non-hydrogen) atoms. The molecule has 0 spiro atoms. The van der Waals surface area contributed by atoms with Crippen molar-refractivity contribution in [3.63, 3.8) is 0 Å². The number of rotatable bonds is 27. The second-order valence-corrected chi connectivity index (χ2v) is 23.3. The Hall–Kier alpha value is -5.43. The lowest BCUT2D eigenvalue weighted by molar-refractivity contribution is -0.130. The van der Waals surface area contributed by atoms with E-state index in [0.717, 1.165) is 59.5 Å². The van der Waals surface area contributed by atoms with Crippen molar-refractivity contribution in [2.24, 2.45) is 0 Å². The van der Waals surface area contributed by atoms with Crippen LogP contribution in [0.4, 0.5) is 11.4 Å². The van der Waals surface area contributed by atoms with Gasteiger partial charge in [0, 0.05) is 74.7 Å². The molecule has 400 valence electrons. The summed E-state index contributed by atoms with van der Waals surface area (Å²) in [5.74, 6) is -3.17. The third-order valence-electron chi connectivity index (χ3n) is 13.2. The lowest BCUT2D eigenvalue weighted by Gasteiger charge is -2.27.